The number of aryl methyl sites for hydroxylation is 1. The number of hydrogen-bond acceptors (Lipinski definition) is 4. The van der Waals surface area contributed by atoms with E-state index in [9.17, 15) is 9.59 Å². The van der Waals surface area contributed by atoms with Gasteiger partial charge in [0.25, 0.3) is 5.56 Å². The van der Waals surface area contributed by atoms with E-state index in [4.69, 9.17) is 0 Å². The maximum Gasteiger partial charge on any atom is 0.266 e. The quantitative estimate of drug-likeness (QED) is 0.630. The molecule has 1 aromatic carbocycles. The number of thiophene rings is 1. The topological polar surface area (TPSA) is 64.0 Å². The standard InChI is InChI=1S/C22H25N3O2S/c1-16(2)17-5-7-18(8-6-17)20-9-10-22(27)25(24-20)14-12-21(26)23-13-11-19-4-3-15-28-19/h3-10,15-16H,11-14H2,1-2H3,(H,23,26). The molecule has 6 heteroatoms. The maximum absolute atomic E-state index is 12.1. The summed E-state index contributed by atoms with van der Waals surface area (Å²) in [6.45, 7) is 5.17. The number of amides is 1. The van der Waals surface area contributed by atoms with Crippen LogP contribution in [0.1, 0.15) is 36.6 Å². The first-order chi connectivity index (χ1) is 13.5. The Bertz CT molecular complexity index is 960. The Morgan fingerprint density at radius 2 is 1.93 bits per heavy atom. The van der Waals surface area contributed by atoms with Gasteiger partial charge >= 0.3 is 0 Å². The molecule has 3 aromatic rings. The predicted molar refractivity (Wildman–Crippen MR) is 114 cm³/mol. The summed E-state index contributed by atoms with van der Waals surface area (Å²) in [5.41, 5.74) is 2.75. The minimum atomic E-state index is -0.200. The normalized spacial score (nSPS) is 11.0. The Labute approximate surface area is 169 Å². The fourth-order valence-electron chi connectivity index (χ4n) is 2.88. The van der Waals surface area contributed by atoms with Crippen molar-refractivity contribution in [2.75, 3.05) is 6.54 Å². The number of nitrogens with zero attached hydrogens (tertiary/aromatic N) is 2. The Morgan fingerprint density at radius 3 is 2.61 bits per heavy atom. The van der Waals surface area contributed by atoms with Crippen molar-refractivity contribution in [3.63, 3.8) is 0 Å². The van der Waals surface area contributed by atoms with Gasteiger partial charge in [0.05, 0.1) is 12.2 Å². The minimum absolute atomic E-state index is 0.0723. The van der Waals surface area contributed by atoms with Crippen molar-refractivity contribution in [1.82, 2.24) is 15.1 Å². The molecular formula is C22H25N3O2S. The molecule has 0 aliphatic heterocycles. The number of rotatable bonds is 8. The number of carbonyl (C=O) groups excluding carboxylic acids is 1. The first kappa shape index (κ1) is 20.0. The van der Waals surface area contributed by atoms with Gasteiger partial charge in [0, 0.05) is 29.5 Å². The van der Waals surface area contributed by atoms with Crippen molar-refractivity contribution in [2.24, 2.45) is 0 Å². The first-order valence-electron chi connectivity index (χ1n) is 9.50. The summed E-state index contributed by atoms with van der Waals surface area (Å²) in [6, 6.07) is 15.5. The van der Waals surface area contributed by atoms with Crippen LogP contribution in [0, 0.1) is 0 Å². The van der Waals surface area contributed by atoms with E-state index in [2.05, 4.69) is 42.5 Å². The lowest BCUT2D eigenvalue weighted by Gasteiger charge is -2.09. The third kappa shape index (κ3) is 5.39. The van der Waals surface area contributed by atoms with Gasteiger partial charge in [-0.25, -0.2) is 4.68 Å². The Morgan fingerprint density at radius 1 is 1.14 bits per heavy atom. The van der Waals surface area contributed by atoms with Gasteiger partial charge in [-0.1, -0.05) is 44.2 Å². The molecule has 3 rings (SSSR count). The largest absolute Gasteiger partial charge is 0.356 e. The van der Waals surface area contributed by atoms with Crippen LogP contribution < -0.4 is 10.9 Å². The molecule has 0 spiro atoms. The highest BCUT2D eigenvalue weighted by Crippen LogP contribution is 2.20. The van der Waals surface area contributed by atoms with Crippen LogP contribution in [0.4, 0.5) is 0 Å². The minimum Gasteiger partial charge on any atom is -0.356 e. The highest BCUT2D eigenvalue weighted by molar-refractivity contribution is 7.09. The molecule has 0 radical (unpaired) electrons. The summed E-state index contributed by atoms with van der Waals surface area (Å²) < 4.78 is 1.37. The van der Waals surface area contributed by atoms with Gasteiger partial charge in [-0.05, 0) is 35.4 Å². The highest BCUT2D eigenvalue weighted by Gasteiger charge is 2.07. The lowest BCUT2D eigenvalue weighted by molar-refractivity contribution is -0.121. The van der Waals surface area contributed by atoms with E-state index in [1.165, 1.54) is 21.2 Å². The molecule has 0 saturated carbocycles. The number of carbonyl (C=O) groups is 1. The molecule has 1 amide bonds. The van der Waals surface area contributed by atoms with Crippen LogP contribution in [0.15, 0.2) is 58.7 Å². The van der Waals surface area contributed by atoms with Gasteiger partial charge in [-0.15, -0.1) is 11.3 Å². The average Bonchev–Trinajstić information content (AvgIpc) is 3.21. The molecule has 1 N–H and O–H groups in total. The SMILES string of the molecule is CC(C)c1ccc(-c2ccc(=O)n(CCC(=O)NCCc3cccs3)n2)cc1. The molecule has 5 nitrogen and oxygen atoms in total. The third-order valence-corrected chi connectivity index (χ3v) is 5.50. The lowest BCUT2D eigenvalue weighted by atomic mass is 10.0. The van der Waals surface area contributed by atoms with Crippen LogP contribution in [0.5, 0.6) is 0 Å². The number of nitrogens with one attached hydrogen (secondary N) is 1. The smallest absolute Gasteiger partial charge is 0.266 e. The summed E-state index contributed by atoms with van der Waals surface area (Å²) in [5, 5.41) is 9.36. The van der Waals surface area contributed by atoms with Crippen molar-refractivity contribution < 1.29 is 4.79 Å². The van der Waals surface area contributed by atoms with E-state index >= 15 is 0 Å². The second-order valence-corrected chi connectivity index (χ2v) is 8.02. The molecule has 146 valence electrons. The Kier molecular flexibility index (Phi) is 6.76. The van der Waals surface area contributed by atoms with Gasteiger partial charge in [-0.3, -0.25) is 9.59 Å². The summed E-state index contributed by atoms with van der Waals surface area (Å²) in [7, 11) is 0. The average molecular weight is 396 g/mol. The predicted octanol–water partition coefficient (Wildman–Crippen LogP) is 3.84. The molecule has 0 unspecified atom stereocenters. The second kappa shape index (κ2) is 9.46. The zero-order valence-electron chi connectivity index (χ0n) is 16.2. The molecule has 2 heterocycles. The first-order valence-corrected chi connectivity index (χ1v) is 10.4. The van der Waals surface area contributed by atoms with Crippen LogP contribution in [0.3, 0.4) is 0 Å². The van der Waals surface area contributed by atoms with Crippen LogP contribution in [0.25, 0.3) is 11.3 Å². The van der Waals surface area contributed by atoms with Crippen LogP contribution in [-0.4, -0.2) is 22.2 Å². The number of benzene rings is 1. The van der Waals surface area contributed by atoms with E-state index in [1.54, 1.807) is 17.4 Å². The highest BCUT2D eigenvalue weighted by atomic mass is 32.1. The van der Waals surface area contributed by atoms with Crippen molar-refractivity contribution in [3.05, 3.63) is 74.7 Å². The molecule has 0 saturated heterocycles. The molecule has 0 fully saturated rings. The van der Waals surface area contributed by atoms with E-state index < -0.39 is 0 Å². The molecule has 2 aromatic heterocycles. The van der Waals surface area contributed by atoms with Crippen molar-refractivity contribution in [3.8, 4) is 11.3 Å². The molecular weight excluding hydrogens is 370 g/mol. The van der Waals surface area contributed by atoms with E-state index in [1.807, 2.05) is 23.6 Å². The maximum atomic E-state index is 12.1. The summed E-state index contributed by atoms with van der Waals surface area (Å²) in [6.07, 6.45) is 1.05. The van der Waals surface area contributed by atoms with Gasteiger partial charge in [0.15, 0.2) is 0 Å². The second-order valence-electron chi connectivity index (χ2n) is 6.99. The molecule has 0 atom stereocenters. The van der Waals surface area contributed by atoms with Crippen molar-refractivity contribution >= 4 is 17.2 Å². The van der Waals surface area contributed by atoms with Gasteiger partial charge in [0.2, 0.25) is 5.91 Å². The lowest BCUT2D eigenvalue weighted by Crippen LogP contribution is -2.29. The van der Waals surface area contributed by atoms with E-state index in [0.29, 0.717) is 12.5 Å². The van der Waals surface area contributed by atoms with Gasteiger partial charge in [0.1, 0.15) is 0 Å². The summed E-state index contributed by atoms with van der Waals surface area (Å²) in [5.74, 6) is 0.395. The van der Waals surface area contributed by atoms with Crippen molar-refractivity contribution in [2.45, 2.75) is 39.2 Å². The fourth-order valence-corrected chi connectivity index (χ4v) is 3.59. The molecule has 0 bridgehead atoms. The van der Waals surface area contributed by atoms with Crippen LogP contribution >= 0.6 is 11.3 Å². The Hall–Kier alpha value is -2.73. The molecule has 28 heavy (non-hydrogen) atoms. The summed E-state index contributed by atoms with van der Waals surface area (Å²) >= 11 is 1.68. The molecule has 0 aliphatic rings. The van der Waals surface area contributed by atoms with Crippen molar-refractivity contribution in [1.29, 1.82) is 0 Å². The number of hydrogen-bond donors (Lipinski definition) is 1. The fraction of sp³-hybridized carbons (Fsp3) is 0.318. The van der Waals surface area contributed by atoms with E-state index in [0.717, 1.165) is 17.7 Å². The van der Waals surface area contributed by atoms with Crippen LogP contribution in [0.2, 0.25) is 0 Å². The Balaban J connectivity index is 1.58. The van der Waals surface area contributed by atoms with Gasteiger partial charge in [-0.2, -0.15) is 5.10 Å². The zero-order chi connectivity index (χ0) is 19.9. The summed E-state index contributed by atoms with van der Waals surface area (Å²) in [4.78, 5) is 25.4. The monoisotopic (exact) mass is 395 g/mol. The zero-order valence-corrected chi connectivity index (χ0v) is 17.0. The number of aromatic nitrogens is 2. The molecule has 0 aliphatic carbocycles. The van der Waals surface area contributed by atoms with E-state index in [-0.39, 0.29) is 24.4 Å². The third-order valence-electron chi connectivity index (χ3n) is 4.56. The van der Waals surface area contributed by atoms with Gasteiger partial charge < -0.3 is 5.32 Å². The van der Waals surface area contributed by atoms with Crippen LogP contribution in [-0.2, 0) is 17.8 Å².